The number of hydrogen-bond acceptors (Lipinski definition) is 5. The first-order chi connectivity index (χ1) is 9.74. The molecule has 0 radical (unpaired) electrons. The SMILES string of the molecule is O=C(O)c1nc(OCC2CCOC2)c2ccccc2n1. The molecule has 1 aromatic heterocycles. The molecule has 1 saturated heterocycles. The molecule has 1 aliphatic rings. The Morgan fingerprint density at radius 3 is 3.00 bits per heavy atom. The van der Waals surface area contributed by atoms with E-state index in [1.807, 2.05) is 12.1 Å². The molecule has 1 N–H and O–H groups in total. The van der Waals surface area contributed by atoms with Crippen molar-refractivity contribution in [3.63, 3.8) is 0 Å². The molecule has 2 heterocycles. The Balaban J connectivity index is 1.92. The lowest BCUT2D eigenvalue weighted by molar-refractivity contribution is 0.0682. The molecule has 2 aromatic rings. The zero-order valence-corrected chi connectivity index (χ0v) is 10.8. The monoisotopic (exact) mass is 274 g/mol. The van der Waals surface area contributed by atoms with Crippen molar-refractivity contribution in [3.8, 4) is 5.88 Å². The van der Waals surface area contributed by atoms with Gasteiger partial charge in [0.25, 0.3) is 0 Å². The Hall–Kier alpha value is -2.21. The number of carboxylic acids is 1. The van der Waals surface area contributed by atoms with Crippen LogP contribution in [0.2, 0.25) is 0 Å². The quantitative estimate of drug-likeness (QED) is 0.914. The molecular weight excluding hydrogens is 260 g/mol. The summed E-state index contributed by atoms with van der Waals surface area (Å²) >= 11 is 0. The Morgan fingerprint density at radius 2 is 2.25 bits per heavy atom. The summed E-state index contributed by atoms with van der Waals surface area (Å²) in [6.07, 6.45) is 0.953. The van der Waals surface area contributed by atoms with Gasteiger partial charge in [0.1, 0.15) is 0 Å². The normalized spacial score (nSPS) is 18.3. The van der Waals surface area contributed by atoms with Crippen molar-refractivity contribution in [1.82, 2.24) is 9.97 Å². The maximum absolute atomic E-state index is 11.1. The Kier molecular flexibility index (Phi) is 3.47. The molecule has 0 aliphatic carbocycles. The summed E-state index contributed by atoms with van der Waals surface area (Å²) in [6, 6.07) is 7.21. The molecular formula is C14H14N2O4. The smallest absolute Gasteiger partial charge is 0.374 e. The van der Waals surface area contributed by atoms with Gasteiger partial charge in [-0.05, 0) is 18.6 Å². The standard InChI is InChI=1S/C14H14N2O4/c17-14(18)12-15-11-4-2-1-3-10(11)13(16-12)20-8-9-5-6-19-7-9/h1-4,9H,5-8H2,(H,17,18). The third kappa shape index (κ3) is 2.55. The minimum absolute atomic E-state index is 0.249. The van der Waals surface area contributed by atoms with E-state index < -0.39 is 5.97 Å². The van der Waals surface area contributed by atoms with Crippen LogP contribution in [0.3, 0.4) is 0 Å². The van der Waals surface area contributed by atoms with Gasteiger partial charge in [0.15, 0.2) is 0 Å². The summed E-state index contributed by atoms with van der Waals surface area (Å²) in [4.78, 5) is 19.0. The number of hydrogen-bond donors (Lipinski definition) is 1. The van der Waals surface area contributed by atoms with E-state index in [0.29, 0.717) is 30.5 Å². The molecule has 0 bridgehead atoms. The fourth-order valence-corrected chi connectivity index (χ4v) is 2.16. The van der Waals surface area contributed by atoms with Crippen molar-refractivity contribution in [3.05, 3.63) is 30.1 Å². The summed E-state index contributed by atoms with van der Waals surface area (Å²) in [5.41, 5.74) is 0.567. The maximum Gasteiger partial charge on any atom is 0.374 e. The molecule has 0 spiro atoms. The molecule has 6 heteroatoms. The van der Waals surface area contributed by atoms with Crippen LogP contribution in [0.5, 0.6) is 5.88 Å². The van der Waals surface area contributed by atoms with E-state index in [1.54, 1.807) is 12.1 Å². The van der Waals surface area contributed by atoms with Gasteiger partial charge in [-0.1, -0.05) is 12.1 Å². The zero-order valence-electron chi connectivity index (χ0n) is 10.8. The average molecular weight is 274 g/mol. The van der Waals surface area contributed by atoms with Gasteiger partial charge in [-0.2, -0.15) is 4.98 Å². The molecule has 1 unspecified atom stereocenters. The van der Waals surface area contributed by atoms with E-state index in [9.17, 15) is 4.79 Å². The van der Waals surface area contributed by atoms with Gasteiger partial charge in [-0.3, -0.25) is 0 Å². The summed E-state index contributed by atoms with van der Waals surface area (Å²) in [5.74, 6) is -0.761. The molecule has 0 amide bonds. The molecule has 20 heavy (non-hydrogen) atoms. The summed E-state index contributed by atoms with van der Waals surface area (Å²) in [7, 11) is 0. The summed E-state index contributed by atoms with van der Waals surface area (Å²) < 4.78 is 11.0. The number of fused-ring (bicyclic) bond motifs is 1. The first-order valence-electron chi connectivity index (χ1n) is 6.44. The van der Waals surface area contributed by atoms with Crippen LogP contribution in [0.4, 0.5) is 0 Å². The number of benzene rings is 1. The van der Waals surface area contributed by atoms with Gasteiger partial charge < -0.3 is 14.6 Å². The molecule has 1 aliphatic heterocycles. The van der Waals surface area contributed by atoms with E-state index in [-0.39, 0.29) is 5.82 Å². The number of ether oxygens (including phenoxy) is 2. The predicted octanol–water partition coefficient (Wildman–Crippen LogP) is 1.74. The van der Waals surface area contributed by atoms with Crippen LogP contribution < -0.4 is 4.74 Å². The van der Waals surface area contributed by atoms with Crippen LogP contribution in [-0.4, -0.2) is 40.9 Å². The third-order valence-corrected chi connectivity index (χ3v) is 3.24. The zero-order chi connectivity index (χ0) is 13.9. The van der Waals surface area contributed by atoms with Crippen LogP contribution in [0.1, 0.15) is 17.0 Å². The van der Waals surface area contributed by atoms with Gasteiger partial charge in [-0.25, -0.2) is 9.78 Å². The van der Waals surface area contributed by atoms with Gasteiger partial charge >= 0.3 is 5.97 Å². The topological polar surface area (TPSA) is 81.5 Å². The van der Waals surface area contributed by atoms with Crippen molar-refractivity contribution >= 4 is 16.9 Å². The fourth-order valence-electron chi connectivity index (χ4n) is 2.16. The highest BCUT2D eigenvalue weighted by Crippen LogP contribution is 2.23. The second kappa shape index (κ2) is 5.42. The highest BCUT2D eigenvalue weighted by molar-refractivity contribution is 5.89. The number of aromatic nitrogens is 2. The lowest BCUT2D eigenvalue weighted by Crippen LogP contribution is -2.14. The Morgan fingerprint density at radius 1 is 1.40 bits per heavy atom. The molecule has 0 saturated carbocycles. The molecule has 1 fully saturated rings. The fraction of sp³-hybridized carbons (Fsp3) is 0.357. The number of carbonyl (C=O) groups is 1. The first-order valence-corrected chi connectivity index (χ1v) is 6.44. The minimum atomic E-state index is -1.16. The van der Waals surface area contributed by atoms with Crippen molar-refractivity contribution in [1.29, 1.82) is 0 Å². The molecule has 3 rings (SSSR count). The van der Waals surface area contributed by atoms with Crippen LogP contribution in [0.15, 0.2) is 24.3 Å². The first kappa shape index (κ1) is 12.8. The lowest BCUT2D eigenvalue weighted by Gasteiger charge is -2.11. The number of carboxylic acid groups (broad SMARTS) is 1. The molecule has 104 valence electrons. The van der Waals surface area contributed by atoms with E-state index in [2.05, 4.69) is 9.97 Å². The second-order valence-corrected chi connectivity index (χ2v) is 4.72. The molecule has 1 aromatic carbocycles. The van der Waals surface area contributed by atoms with E-state index in [4.69, 9.17) is 14.6 Å². The Bertz CT molecular complexity index is 638. The van der Waals surface area contributed by atoms with E-state index >= 15 is 0 Å². The van der Waals surface area contributed by atoms with Crippen molar-refractivity contribution in [2.75, 3.05) is 19.8 Å². The van der Waals surface area contributed by atoms with Crippen LogP contribution in [0.25, 0.3) is 10.9 Å². The molecule has 1 atom stereocenters. The summed E-state index contributed by atoms with van der Waals surface area (Å²) in [5, 5.41) is 9.77. The lowest BCUT2D eigenvalue weighted by atomic mass is 10.1. The van der Waals surface area contributed by atoms with Crippen LogP contribution in [-0.2, 0) is 4.74 Å². The van der Waals surface area contributed by atoms with Crippen molar-refractivity contribution in [2.45, 2.75) is 6.42 Å². The van der Waals surface area contributed by atoms with Crippen molar-refractivity contribution in [2.24, 2.45) is 5.92 Å². The minimum Gasteiger partial charge on any atom is -0.477 e. The second-order valence-electron chi connectivity index (χ2n) is 4.72. The van der Waals surface area contributed by atoms with Gasteiger partial charge in [0.2, 0.25) is 11.7 Å². The van der Waals surface area contributed by atoms with E-state index in [0.717, 1.165) is 18.4 Å². The highest BCUT2D eigenvalue weighted by Gasteiger charge is 2.18. The summed E-state index contributed by atoms with van der Waals surface area (Å²) in [6.45, 7) is 1.90. The number of para-hydroxylation sites is 1. The number of nitrogens with zero attached hydrogens (tertiary/aromatic N) is 2. The predicted molar refractivity (Wildman–Crippen MR) is 70.9 cm³/mol. The van der Waals surface area contributed by atoms with Gasteiger partial charge in [0.05, 0.1) is 24.1 Å². The van der Waals surface area contributed by atoms with Crippen LogP contribution >= 0.6 is 0 Å². The van der Waals surface area contributed by atoms with Crippen molar-refractivity contribution < 1.29 is 19.4 Å². The highest BCUT2D eigenvalue weighted by atomic mass is 16.5. The Labute approximate surface area is 115 Å². The van der Waals surface area contributed by atoms with Gasteiger partial charge in [-0.15, -0.1) is 0 Å². The van der Waals surface area contributed by atoms with Gasteiger partial charge in [0, 0.05) is 12.5 Å². The van der Waals surface area contributed by atoms with E-state index in [1.165, 1.54) is 0 Å². The third-order valence-electron chi connectivity index (χ3n) is 3.24. The molecule has 6 nitrogen and oxygen atoms in total. The number of rotatable bonds is 4. The maximum atomic E-state index is 11.1. The number of aromatic carboxylic acids is 1. The average Bonchev–Trinajstić information content (AvgIpc) is 2.97. The largest absolute Gasteiger partial charge is 0.477 e. The van der Waals surface area contributed by atoms with Crippen LogP contribution in [0, 0.1) is 5.92 Å².